The number of aliphatic hydroxyl groups is 1. The van der Waals surface area contributed by atoms with Crippen molar-refractivity contribution < 1.29 is 5.11 Å². The van der Waals surface area contributed by atoms with Crippen LogP contribution in [0.3, 0.4) is 0 Å². The highest BCUT2D eigenvalue weighted by atomic mass is 16.3. The molecule has 0 spiro atoms. The van der Waals surface area contributed by atoms with E-state index in [1.807, 2.05) is 6.92 Å². The van der Waals surface area contributed by atoms with E-state index in [1.54, 1.807) is 0 Å². The lowest BCUT2D eigenvalue weighted by molar-refractivity contribution is 0.173. The van der Waals surface area contributed by atoms with Crippen LogP contribution >= 0.6 is 0 Å². The van der Waals surface area contributed by atoms with Gasteiger partial charge < -0.3 is 10.0 Å². The lowest BCUT2D eigenvalue weighted by Crippen LogP contribution is -2.23. The first-order valence-corrected chi connectivity index (χ1v) is 6.00. The van der Waals surface area contributed by atoms with E-state index >= 15 is 0 Å². The van der Waals surface area contributed by atoms with Crippen LogP contribution in [0.5, 0.6) is 0 Å². The predicted molar refractivity (Wildman–Crippen MR) is 60.3 cm³/mol. The first-order valence-electron chi connectivity index (χ1n) is 6.00. The second kappa shape index (κ2) is 5.72. The molecular weight excluding hydrogens is 174 g/mol. The molecule has 2 unspecified atom stereocenters. The lowest BCUT2D eigenvalue weighted by atomic mass is 9.95. The number of hydrogen-bond acceptors (Lipinski definition) is 2. The molecule has 2 nitrogen and oxygen atoms in total. The van der Waals surface area contributed by atoms with Gasteiger partial charge in [0.15, 0.2) is 0 Å². The third-order valence-electron chi connectivity index (χ3n) is 3.35. The van der Waals surface area contributed by atoms with Crippen molar-refractivity contribution in [2.24, 2.45) is 11.8 Å². The summed E-state index contributed by atoms with van der Waals surface area (Å²) >= 11 is 0. The largest absolute Gasteiger partial charge is 0.393 e. The van der Waals surface area contributed by atoms with Gasteiger partial charge in [0.05, 0.1) is 6.10 Å². The van der Waals surface area contributed by atoms with Gasteiger partial charge in [-0.15, -0.1) is 0 Å². The zero-order valence-corrected chi connectivity index (χ0v) is 9.87. The summed E-state index contributed by atoms with van der Waals surface area (Å²) in [4.78, 5) is 2.55. The minimum Gasteiger partial charge on any atom is -0.393 e. The van der Waals surface area contributed by atoms with Gasteiger partial charge >= 0.3 is 0 Å². The molecule has 14 heavy (non-hydrogen) atoms. The summed E-state index contributed by atoms with van der Waals surface area (Å²) < 4.78 is 0. The monoisotopic (exact) mass is 199 g/mol. The van der Waals surface area contributed by atoms with Crippen molar-refractivity contribution in [1.29, 1.82) is 0 Å². The highest BCUT2D eigenvalue weighted by molar-refractivity contribution is 4.77. The fourth-order valence-electron chi connectivity index (χ4n) is 2.22. The van der Waals surface area contributed by atoms with Crippen molar-refractivity contribution in [3.05, 3.63) is 0 Å². The standard InChI is InChI=1S/C12H25NO/c1-10(2)12-6-8-13(9-12)7-4-5-11(3)14/h10-12,14H,4-9H2,1-3H3. The van der Waals surface area contributed by atoms with Crippen LogP contribution in [0.15, 0.2) is 0 Å². The summed E-state index contributed by atoms with van der Waals surface area (Å²) in [6.45, 7) is 10.2. The summed E-state index contributed by atoms with van der Waals surface area (Å²) in [6, 6.07) is 0. The second-order valence-electron chi connectivity index (χ2n) is 5.08. The number of likely N-dealkylation sites (tertiary alicyclic amines) is 1. The molecule has 1 heterocycles. The normalized spacial score (nSPS) is 25.9. The summed E-state index contributed by atoms with van der Waals surface area (Å²) in [5, 5.41) is 9.15. The summed E-state index contributed by atoms with van der Waals surface area (Å²) in [5.41, 5.74) is 0. The minimum atomic E-state index is -0.126. The Morgan fingerprint density at radius 1 is 1.36 bits per heavy atom. The van der Waals surface area contributed by atoms with E-state index in [0.29, 0.717) is 0 Å². The smallest absolute Gasteiger partial charge is 0.0512 e. The van der Waals surface area contributed by atoms with E-state index in [-0.39, 0.29) is 6.10 Å². The fraction of sp³-hybridized carbons (Fsp3) is 1.00. The van der Waals surface area contributed by atoms with Crippen LogP contribution in [0.25, 0.3) is 0 Å². The van der Waals surface area contributed by atoms with E-state index in [9.17, 15) is 0 Å². The molecule has 1 aliphatic heterocycles. The van der Waals surface area contributed by atoms with Crippen LogP contribution in [-0.2, 0) is 0 Å². The van der Waals surface area contributed by atoms with Crippen LogP contribution in [0.4, 0.5) is 0 Å². The molecule has 2 heteroatoms. The van der Waals surface area contributed by atoms with Crippen molar-refractivity contribution >= 4 is 0 Å². The van der Waals surface area contributed by atoms with Gasteiger partial charge in [0.2, 0.25) is 0 Å². The molecule has 0 aliphatic carbocycles. The number of nitrogens with zero attached hydrogens (tertiary/aromatic N) is 1. The van der Waals surface area contributed by atoms with Gasteiger partial charge in [-0.25, -0.2) is 0 Å². The molecule has 1 fully saturated rings. The third-order valence-corrected chi connectivity index (χ3v) is 3.35. The second-order valence-corrected chi connectivity index (χ2v) is 5.08. The topological polar surface area (TPSA) is 23.5 Å². The Kier molecular flexibility index (Phi) is 4.90. The Morgan fingerprint density at radius 2 is 2.07 bits per heavy atom. The SMILES string of the molecule is CC(O)CCCN1CCC(C(C)C)C1. The Hall–Kier alpha value is -0.0800. The molecule has 0 radical (unpaired) electrons. The molecule has 0 saturated carbocycles. The zero-order chi connectivity index (χ0) is 10.6. The van der Waals surface area contributed by atoms with E-state index in [0.717, 1.165) is 24.7 Å². The molecule has 1 saturated heterocycles. The first-order chi connectivity index (χ1) is 6.59. The maximum absolute atomic E-state index is 9.15. The molecule has 0 aromatic rings. The number of aliphatic hydroxyl groups excluding tert-OH is 1. The molecule has 2 atom stereocenters. The molecular formula is C12H25NO. The van der Waals surface area contributed by atoms with E-state index in [1.165, 1.54) is 26.1 Å². The highest BCUT2D eigenvalue weighted by Gasteiger charge is 2.23. The van der Waals surface area contributed by atoms with Crippen molar-refractivity contribution in [3.8, 4) is 0 Å². The molecule has 1 N–H and O–H groups in total. The van der Waals surface area contributed by atoms with Crippen molar-refractivity contribution in [2.45, 2.75) is 46.1 Å². The fourth-order valence-corrected chi connectivity index (χ4v) is 2.22. The van der Waals surface area contributed by atoms with Crippen LogP contribution in [-0.4, -0.2) is 35.7 Å². The number of hydrogen-bond donors (Lipinski definition) is 1. The Labute approximate surface area is 88.3 Å². The van der Waals surface area contributed by atoms with Crippen LogP contribution < -0.4 is 0 Å². The van der Waals surface area contributed by atoms with Gasteiger partial charge in [-0.2, -0.15) is 0 Å². The Balaban J connectivity index is 2.10. The van der Waals surface area contributed by atoms with Crippen molar-refractivity contribution in [2.75, 3.05) is 19.6 Å². The third kappa shape index (κ3) is 3.97. The van der Waals surface area contributed by atoms with Gasteiger partial charge in [-0.05, 0) is 51.1 Å². The molecule has 0 aromatic heterocycles. The predicted octanol–water partition coefficient (Wildman–Crippen LogP) is 2.13. The van der Waals surface area contributed by atoms with Gasteiger partial charge in [0, 0.05) is 6.54 Å². The summed E-state index contributed by atoms with van der Waals surface area (Å²) in [7, 11) is 0. The summed E-state index contributed by atoms with van der Waals surface area (Å²) in [5.74, 6) is 1.73. The van der Waals surface area contributed by atoms with Crippen molar-refractivity contribution in [3.63, 3.8) is 0 Å². The quantitative estimate of drug-likeness (QED) is 0.733. The molecule has 0 amide bonds. The average molecular weight is 199 g/mol. The van der Waals surface area contributed by atoms with Gasteiger partial charge in [0.25, 0.3) is 0 Å². The first kappa shape index (κ1) is 12.0. The van der Waals surface area contributed by atoms with E-state index < -0.39 is 0 Å². The van der Waals surface area contributed by atoms with Crippen molar-refractivity contribution in [1.82, 2.24) is 4.90 Å². The van der Waals surface area contributed by atoms with Crippen LogP contribution in [0, 0.1) is 11.8 Å². The van der Waals surface area contributed by atoms with Crippen LogP contribution in [0.2, 0.25) is 0 Å². The molecule has 0 bridgehead atoms. The Morgan fingerprint density at radius 3 is 2.57 bits per heavy atom. The van der Waals surface area contributed by atoms with Gasteiger partial charge in [0.1, 0.15) is 0 Å². The highest BCUT2D eigenvalue weighted by Crippen LogP contribution is 2.23. The van der Waals surface area contributed by atoms with Gasteiger partial charge in [-0.1, -0.05) is 13.8 Å². The van der Waals surface area contributed by atoms with E-state index in [4.69, 9.17) is 5.11 Å². The molecule has 1 aliphatic rings. The van der Waals surface area contributed by atoms with Crippen LogP contribution in [0.1, 0.15) is 40.0 Å². The summed E-state index contributed by atoms with van der Waals surface area (Å²) in [6.07, 6.45) is 3.33. The maximum atomic E-state index is 9.15. The Bertz CT molecular complexity index is 156. The van der Waals surface area contributed by atoms with E-state index in [2.05, 4.69) is 18.7 Å². The minimum absolute atomic E-state index is 0.126. The maximum Gasteiger partial charge on any atom is 0.0512 e. The lowest BCUT2D eigenvalue weighted by Gasteiger charge is -2.17. The van der Waals surface area contributed by atoms with Gasteiger partial charge in [-0.3, -0.25) is 0 Å². The number of rotatable bonds is 5. The average Bonchev–Trinajstić information content (AvgIpc) is 2.52. The molecule has 0 aromatic carbocycles. The molecule has 1 rings (SSSR count). The zero-order valence-electron chi connectivity index (χ0n) is 9.87. The molecule has 84 valence electrons.